The van der Waals surface area contributed by atoms with Gasteiger partial charge in [0, 0.05) is 64.4 Å². The molecule has 0 spiro atoms. The fourth-order valence-electron chi connectivity index (χ4n) is 7.96. The molecular formula is C29H50N6O2. The quantitative estimate of drug-likeness (QED) is 0.502. The van der Waals surface area contributed by atoms with Gasteiger partial charge in [-0.2, -0.15) is 5.26 Å². The second-order valence-corrected chi connectivity index (χ2v) is 12.5. The van der Waals surface area contributed by atoms with Gasteiger partial charge in [0.05, 0.1) is 18.1 Å². The van der Waals surface area contributed by atoms with Crippen LogP contribution in [0.15, 0.2) is 0 Å². The highest BCUT2D eigenvalue weighted by atomic mass is 16.5. The normalized spacial score (nSPS) is 40.2. The molecule has 208 valence electrons. The van der Waals surface area contributed by atoms with Crippen LogP contribution in [0.1, 0.15) is 77.0 Å². The molecule has 2 heterocycles. The zero-order valence-corrected chi connectivity index (χ0v) is 23.0. The molecule has 4 unspecified atom stereocenters. The van der Waals surface area contributed by atoms with E-state index in [4.69, 9.17) is 4.74 Å². The van der Waals surface area contributed by atoms with Crippen molar-refractivity contribution in [3.8, 4) is 6.07 Å². The van der Waals surface area contributed by atoms with E-state index in [1.54, 1.807) is 0 Å². The lowest BCUT2D eigenvalue weighted by molar-refractivity contribution is -0.139. The molecule has 4 atom stereocenters. The molecule has 3 N–H and O–H groups in total. The van der Waals surface area contributed by atoms with E-state index in [9.17, 15) is 10.1 Å². The van der Waals surface area contributed by atoms with Gasteiger partial charge in [-0.05, 0) is 69.6 Å². The van der Waals surface area contributed by atoms with Gasteiger partial charge >= 0.3 is 0 Å². The highest BCUT2D eigenvalue weighted by Crippen LogP contribution is 2.33. The standard InChI is InChI=1S/C29H50N6O2/c1-37-26-11-9-21(10-12-26)24-19-31-29(32-20-24)33-25-7-4-6-22(17-25)28(36)35-15-13-34(14-16-35)27-8-3-2-5-23(27)18-30/h21-27,29,31-33H,2-17,19-20H2,1H3. The maximum absolute atomic E-state index is 13.4. The average Bonchev–Trinajstić information content (AvgIpc) is 2.97. The Morgan fingerprint density at radius 2 is 1.62 bits per heavy atom. The van der Waals surface area contributed by atoms with Crippen LogP contribution in [-0.2, 0) is 9.53 Å². The van der Waals surface area contributed by atoms with Gasteiger partial charge in [0.25, 0.3) is 0 Å². The number of amides is 1. The molecule has 2 saturated heterocycles. The summed E-state index contributed by atoms with van der Waals surface area (Å²) in [6, 6.07) is 3.34. The number of hydrogen-bond donors (Lipinski definition) is 3. The summed E-state index contributed by atoms with van der Waals surface area (Å²) in [5, 5.41) is 20.8. The van der Waals surface area contributed by atoms with Crippen LogP contribution < -0.4 is 16.0 Å². The van der Waals surface area contributed by atoms with E-state index in [-0.39, 0.29) is 18.1 Å². The Balaban J connectivity index is 1.03. The highest BCUT2D eigenvalue weighted by Gasteiger charge is 2.37. The van der Waals surface area contributed by atoms with Crippen molar-refractivity contribution < 1.29 is 9.53 Å². The van der Waals surface area contributed by atoms with Crippen LogP contribution in [0.3, 0.4) is 0 Å². The second-order valence-electron chi connectivity index (χ2n) is 12.5. The molecule has 8 heteroatoms. The third-order valence-electron chi connectivity index (χ3n) is 10.3. The molecule has 0 radical (unpaired) electrons. The Morgan fingerprint density at radius 1 is 0.892 bits per heavy atom. The van der Waals surface area contributed by atoms with Crippen LogP contribution >= 0.6 is 0 Å². The van der Waals surface area contributed by atoms with Crippen LogP contribution in [0.2, 0.25) is 0 Å². The topological polar surface area (TPSA) is 92.7 Å². The van der Waals surface area contributed by atoms with Crippen molar-refractivity contribution in [2.45, 2.75) is 102 Å². The number of piperazine rings is 1. The molecule has 0 aromatic rings. The van der Waals surface area contributed by atoms with Crippen LogP contribution in [0.25, 0.3) is 0 Å². The van der Waals surface area contributed by atoms with Gasteiger partial charge in [-0.1, -0.05) is 19.3 Å². The summed E-state index contributed by atoms with van der Waals surface area (Å²) in [7, 11) is 1.85. The van der Waals surface area contributed by atoms with Crippen molar-refractivity contribution in [2.75, 3.05) is 46.4 Å². The highest BCUT2D eigenvalue weighted by molar-refractivity contribution is 5.79. The summed E-state index contributed by atoms with van der Waals surface area (Å²) in [6.07, 6.45) is 14.4. The minimum Gasteiger partial charge on any atom is -0.381 e. The third-order valence-corrected chi connectivity index (χ3v) is 10.3. The molecule has 2 aliphatic heterocycles. The number of ether oxygens (including phenoxy) is 1. The molecule has 5 aliphatic rings. The van der Waals surface area contributed by atoms with Gasteiger partial charge in [-0.25, -0.2) is 0 Å². The van der Waals surface area contributed by atoms with Crippen molar-refractivity contribution >= 4 is 5.91 Å². The summed E-state index contributed by atoms with van der Waals surface area (Å²) in [4.78, 5) is 18.1. The Labute approximate surface area is 224 Å². The smallest absolute Gasteiger partial charge is 0.225 e. The molecule has 3 aliphatic carbocycles. The first-order valence-electron chi connectivity index (χ1n) is 15.3. The van der Waals surface area contributed by atoms with Gasteiger partial charge in [0.15, 0.2) is 0 Å². The SMILES string of the molecule is COC1CCC(C2CNC(NC3CCCC(C(=O)N4CCN(C5CCCCC5C#N)CC4)C3)NC2)CC1. The number of carbonyl (C=O) groups excluding carboxylic acids is 1. The van der Waals surface area contributed by atoms with Crippen LogP contribution in [0.5, 0.6) is 0 Å². The first kappa shape index (κ1) is 27.3. The van der Waals surface area contributed by atoms with Gasteiger partial charge in [0.1, 0.15) is 6.29 Å². The first-order valence-corrected chi connectivity index (χ1v) is 15.3. The lowest BCUT2D eigenvalue weighted by atomic mass is 9.78. The Bertz CT molecular complexity index is 765. The largest absolute Gasteiger partial charge is 0.381 e. The van der Waals surface area contributed by atoms with Gasteiger partial charge in [-0.15, -0.1) is 0 Å². The van der Waals surface area contributed by atoms with E-state index >= 15 is 0 Å². The monoisotopic (exact) mass is 514 g/mol. The van der Waals surface area contributed by atoms with Crippen molar-refractivity contribution in [3.63, 3.8) is 0 Å². The third kappa shape index (κ3) is 6.86. The second kappa shape index (κ2) is 13.2. The zero-order valence-electron chi connectivity index (χ0n) is 23.0. The molecule has 5 rings (SSSR count). The van der Waals surface area contributed by atoms with E-state index in [2.05, 4.69) is 31.8 Å². The molecule has 5 fully saturated rings. The molecule has 0 bridgehead atoms. The lowest BCUT2D eigenvalue weighted by Gasteiger charge is -2.44. The Hall–Kier alpha value is -1.24. The number of nitrogens with one attached hydrogen (secondary N) is 3. The lowest BCUT2D eigenvalue weighted by Crippen LogP contribution is -2.63. The number of carbonyl (C=O) groups is 1. The van der Waals surface area contributed by atoms with Gasteiger partial charge in [0.2, 0.25) is 5.91 Å². The van der Waals surface area contributed by atoms with E-state index < -0.39 is 0 Å². The average molecular weight is 515 g/mol. The summed E-state index contributed by atoms with van der Waals surface area (Å²) in [5.74, 6) is 2.18. The van der Waals surface area contributed by atoms with Gasteiger partial charge < -0.3 is 9.64 Å². The minimum atomic E-state index is 0.145. The fourth-order valence-corrected chi connectivity index (χ4v) is 7.96. The van der Waals surface area contributed by atoms with E-state index in [1.165, 1.54) is 38.5 Å². The minimum absolute atomic E-state index is 0.145. The maximum atomic E-state index is 13.4. The van der Waals surface area contributed by atoms with Crippen LogP contribution in [-0.4, -0.2) is 86.6 Å². The van der Waals surface area contributed by atoms with E-state index in [0.29, 0.717) is 30.0 Å². The van der Waals surface area contributed by atoms with Crippen molar-refractivity contribution in [3.05, 3.63) is 0 Å². The summed E-state index contributed by atoms with van der Waals surface area (Å²) >= 11 is 0. The number of nitriles is 1. The number of hydrogen-bond acceptors (Lipinski definition) is 7. The molecule has 0 aromatic carbocycles. The molecule has 37 heavy (non-hydrogen) atoms. The number of methoxy groups -OCH3 is 1. The zero-order chi connectivity index (χ0) is 25.6. The Morgan fingerprint density at radius 3 is 2.32 bits per heavy atom. The van der Waals surface area contributed by atoms with Crippen molar-refractivity contribution in [2.24, 2.45) is 23.7 Å². The number of rotatable bonds is 6. The maximum Gasteiger partial charge on any atom is 0.225 e. The van der Waals surface area contributed by atoms with E-state index in [1.807, 2.05) is 7.11 Å². The summed E-state index contributed by atoms with van der Waals surface area (Å²) in [5.41, 5.74) is 0. The molecule has 1 amide bonds. The van der Waals surface area contributed by atoms with Gasteiger partial charge in [-0.3, -0.25) is 25.6 Å². The van der Waals surface area contributed by atoms with Crippen LogP contribution in [0, 0.1) is 35.0 Å². The summed E-state index contributed by atoms with van der Waals surface area (Å²) in [6.45, 7) is 5.63. The number of nitrogens with zero attached hydrogens (tertiary/aromatic N) is 3. The summed E-state index contributed by atoms with van der Waals surface area (Å²) < 4.78 is 5.55. The molecule has 3 saturated carbocycles. The van der Waals surface area contributed by atoms with Crippen molar-refractivity contribution in [1.29, 1.82) is 5.26 Å². The molecular weight excluding hydrogens is 464 g/mol. The predicted molar refractivity (Wildman–Crippen MR) is 144 cm³/mol. The van der Waals surface area contributed by atoms with Crippen LogP contribution in [0.4, 0.5) is 0 Å². The van der Waals surface area contributed by atoms with Crippen molar-refractivity contribution in [1.82, 2.24) is 25.8 Å². The van der Waals surface area contributed by atoms with E-state index in [0.717, 1.165) is 83.7 Å². The Kier molecular flexibility index (Phi) is 9.76. The predicted octanol–water partition coefficient (Wildman–Crippen LogP) is 2.66. The fraction of sp³-hybridized carbons (Fsp3) is 0.931. The first-order chi connectivity index (χ1) is 18.1. The molecule has 8 nitrogen and oxygen atoms in total. The molecule has 0 aromatic heterocycles.